The molecule has 0 aliphatic carbocycles. The quantitative estimate of drug-likeness (QED) is 0.787. The van der Waals surface area contributed by atoms with Crippen LogP contribution in [0.5, 0.6) is 5.75 Å². The van der Waals surface area contributed by atoms with E-state index in [4.69, 9.17) is 9.84 Å². The predicted octanol–water partition coefficient (Wildman–Crippen LogP) is 3.64. The zero-order chi connectivity index (χ0) is 15.8. The maximum Gasteiger partial charge on any atom is 0.421 e. The Morgan fingerprint density at radius 3 is 2.62 bits per heavy atom. The smallest absolute Gasteiger partial charge is 0.421 e. The summed E-state index contributed by atoms with van der Waals surface area (Å²) in [5, 5.41) is 8.87. The van der Waals surface area contributed by atoms with Gasteiger partial charge in [0, 0.05) is 19.2 Å². The third kappa shape index (κ3) is 5.18. The molecule has 0 spiro atoms. The Hall–Kier alpha value is -1.89. The topological polar surface area (TPSA) is 70.1 Å². The number of unbranched alkanes of at least 4 members (excludes halogenated alkanes) is 1. The molecule has 0 aromatic heterocycles. The van der Waals surface area contributed by atoms with Gasteiger partial charge in [0.15, 0.2) is 0 Å². The first kappa shape index (κ1) is 17.2. The summed E-state index contributed by atoms with van der Waals surface area (Å²) < 4.78 is 6.02. The van der Waals surface area contributed by atoms with Crippen molar-refractivity contribution >= 4 is 30.7 Å². The largest absolute Gasteiger partial charge is 0.464 e. The minimum atomic E-state index is -1.21. The third-order valence-corrected chi connectivity index (χ3v) is 3.27. The molecule has 0 fully saturated rings. The van der Waals surface area contributed by atoms with E-state index in [0.29, 0.717) is 18.8 Å². The molecule has 0 unspecified atom stereocenters. The molecule has 0 saturated carbocycles. The molecule has 0 aliphatic heterocycles. The molecule has 116 valence electrons. The van der Waals surface area contributed by atoms with Crippen LogP contribution in [0.3, 0.4) is 0 Å². The molecule has 1 aromatic carbocycles. The lowest BCUT2D eigenvalue weighted by molar-refractivity contribution is 0.154. The molecule has 1 aromatic rings. The van der Waals surface area contributed by atoms with Crippen LogP contribution < -0.4 is 9.04 Å². The van der Waals surface area contributed by atoms with Crippen molar-refractivity contribution < 1.29 is 19.4 Å². The molecule has 0 radical (unpaired) electrons. The van der Waals surface area contributed by atoms with Gasteiger partial charge in [-0.1, -0.05) is 32.2 Å². The highest BCUT2D eigenvalue weighted by Gasteiger charge is 2.15. The first-order valence-corrected chi connectivity index (χ1v) is 7.18. The van der Waals surface area contributed by atoms with Crippen LogP contribution in [0.15, 0.2) is 24.3 Å². The summed E-state index contributed by atoms with van der Waals surface area (Å²) in [6.45, 7) is 5.13. The molecule has 0 heterocycles. The lowest BCUT2D eigenvalue weighted by Gasteiger charge is -2.20. The number of thiol groups is 1. The number of nitrogens with zero attached hydrogens (tertiary/aromatic N) is 2. The van der Waals surface area contributed by atoms with Crippen LogP contribution in [0.1, 0.15) is 26.7 Å². The Kier molecular flexibility index (Phi) is 6.87. The number of carbonyl (C=O) groups is 2. The Balaban J connectivity index is 2.76. The van der Waals surface area contributed by atoms with Gasteiger partial charge in [0.2, 0.25) is 0 Å². The lowest BCUT2D eigenvalue weighted by Crippen LogP contribution is -2.34. The van der Waals surface area contributed by atoms with Crippen LogP contribution in [0.25, 0.3) is 0 Å². The van der Waals surface area contributed by atoms with Crippen molar-refractivity contribution in [1.29, 1.82) is 0 Å². The van der Waals surface area contributed by atoms with Crippen molar-refractivity contribution in [2.45, 2.75) is 26.7 Å². The molecular formula is C14H20N2O4S. The average Bonchev–Trinajstić information content (AvgIpc) is 2.47. The standard InChI is InChI=1S/C14H20N2O4S/c1-3-5-9-15(4-2)14(19)20-12-8-6-7-11(10-12)16(21)13(17)18/h6-8,10,21H,3-5,9H2,1-2H3,(H,17,18). The summed E-state index contributed by atoms with van der Waals surface area (Å²) in [5.41, 5.74) is 0.313. The van der Waals surface area contributed by atoms with Gasteiger partial charge >= 0.3 is 12.2 Å². The maximum absolute atomic E-state index is 12.0. The zero-order valence-electron chi connectivity index (χ0n) is 12.2. The number of amides is 2. The first-order valence-electron chi connectivity index (χ1n) is 6.78. The van der Waals surface area contributed by atoms with Crippen LogP contribution in [0.4, 0.5) is 15.3 Å². The molecule has 0 saturated heterocycles. The fourth-order valence-electron chi connectivity index (χ4n) is 1.68. The Morgan fingerprint density at radius 1 is 1.33 bits per heavy atom. The van der Waals surface area contributed by atoms with Crippen molar-refractivity contribution in [1.82, 2.24) is 4.90 Å². The van der Waals surface area contributed by atoms with E-state index >= 15 is 0 Å². The van der Waals surface area contributed by atoms with E-state index in [1.165, 1.54) is 6.07 Å². The van der Waals surface area contributed by atoms with E-state index in [2.05, 4.69) is 19.7 Å². The molecule has 1 N–H and O–H groups in total. The zero-order valence-corrected chi connectivity index (χ0v) is 13.0. The lowest BCUT2D eigenvalue weighted by atomic mass is 10.3. The number of carbonyl (C=O) groups excluding carboxylic acids is 1. The van der Waals surface area contributed by atoms with Gasteiger partial charge in [-0.2, -0.15) is 0 Å². The molecule has 0 bridgehead atoms. The maximum atomic E-state index is 12.0. The minimum absolute atomic E-state index is 0.285. The van der Waals surface area contributed by atoms with E-state index in [1.807, 2.05) is 6.92 Å². The molecule has 0 aliphatic rings. The van der Waals surface area contributed by atoms with E-state index in [1.54, 1.807) is 23.1 Å². The van der Waals surface area contributed by atoms with Crippen molar-refractivity contribution in [2.75, 3.05) is 17.4 Å². The van der Waals surface area contributed by atoms with Crippen LogP contribution in [0.2, 0.25) is 0 Å². The van der Waals surface area contributed by atoms with Gasteiger partial charge in [-0.3, -0.25) is 0 Å². The molecule has 21 heavy (non-hydrogen) atoms. The van der Waals surface area contributed by atoms with Crippen LogP contribution >= 0.6 is 12.8 Å². The molecular weight excluding hydrogens is 292 g/mol. The third-order valence-electron chi connectivity index (χ3n) is 2.87. The SMILES string of the molecule is CCCCN(CC)C(=O)Oc1cccc(N(S)C(=O)O)c1. The van der Waals surface area contributed by atoms with Gasteiger partial charge in [-0.05, 0) is 25.5 Å². The number of hydrogen-bond donors (Lipinski definition) is 2. The summed E-state index contributed by atoms with van der Waals surface area (Å²) in [5.74, 6) is 0.285. The summed E-state index contributed by atoms with van der Waals surface area (Å²) in [6, 6.07) is 6.21. The first-order chi connectivity index (χ1) is 9.99. The number of hydrogen-bond acceptors (Lipinski definition) is 4. The summed E-state index contributed by atoms with van der Waals surface area (Å²) in [7, 11) is 0. The average molecular weight is 312 g/mol. The van der Waals surface area contributed by atoms with Crippen molar-refractivity contribution in [3.05, 3.63) is 24.3 Å². The number of rotatable bonds is 6. The van der Waals surface area contributed by atoms with Crippen LogP contribution in [0, 0.1) is 0 Å². The molecule has 6 nitrogen and oxygen atoms in total. The van der Waals surface area contributed by atoms with E-state index in [0.717, 1.165) is 17.1 Å². The molecule has 1 rings (SSSR count). The van der Waals surface area contributed by atoms with Gasteiger partial charge in [0.25, 0.3) is 0 Å². The fourth-order valence-corrected chi connectivity index (χ4v) is 1.81. The Morgan fingerprint density at radius 2 is 2.05 bits per heavy atom. The van der Waals surface area contributed by atoms with Crippen molar-refractivity contribution in [2.24, 2.45) is 0 Å². The van der Waals surface area contributed by atoms with Crippen molar-refractivity contribution in [3.63, 3.8) is 0 Å². The Bertz CT molecular complexity index is 496. The summed E-state index contributed by atoms with van der Waals surface area (Å²) in [4.78, 5) is 24.5. The van der Waals surface area contributed by atoms with E-state index < -0.39 is 12.2 Å². The highest BCUT2D eigenvalue weighted by molar-refractivity contribution is 7.82. The molecule has 0 atom stereocenters. The molecule has 2 amide bonds. The highest BCUT2D eigenvalue weighted by atomic mass is 32.1. The van der Waals surface area contributed by atoms with Gasteiger partial charge in [0.05, 0.1) is 5.69 Å². The van der Waals surface area contributed by atoms with Crippen LogP contribution in [-0.4, -0.2) is 35.3 Å². The number of anilines is 1. The van der Waals surface area contributed by atoms with E-state index in [9.17, 15) is 9.59 Å². The van der Waals surface area contributed by atoms with Gasteiger partial charge in [-0.15, -0.1) is 0 Å². The van der Waals surface area contributed by atoms with Gasteiger partial charge < -0.3 is 14.7 Å². The number of carboxylic acid groups (broad SMARTS) is 1. The second-order valence-corrected chi connectivity index (χ2v) is 4.79. The normalized spacial score (nSPS) is 10.0. The predicted molar refractivity (Wildman–Crippen MR) is 84.1 cm³/mol. The summed E-state index contributed by atoms with van der Waals surface area (Å²) >= 11 is 3.84. The minimum Gasteiger partial charge on any atom is -0.464 e. The van der Waals surface area contributed by atoms with E-state index in [-0.39, 0.29) is 5.75 Å². The second kappa shape index (κ2) is 8.41. The monoisotopic (exact) mass is 312 g/mol. The summed E-state index contributed by atoms with van der Waals surface area (Å²) in [6.07, 6.45) is 0.253. The van der Waals surface area contributed by atoms with Crippen molar-refractivity contribution in [3.8, 4) is 5.75 Å². The fraction of sp³-hybridized carbons (Fsp3) is 0.429. The number of benzene rings is 1. The molecule has 7 heteroatoms. The Labute approximate surface area is 129 Å². The van der Waals surface area contributed by atoms with Gasteiger partial charge in [-0.25, -0.2) is 13.9 Å². The van der Waals surface area contributed by atoms with Crippen LogP contribution in [-0.2, 0) is 0 Å². The second-order valence-electron chi connectivity index (χ2n) is 4.39. The van der Waals surface area contributed by atoms with Gasteiger partial charge in [0.1, 0.15) is 5.75 Å². The number of ether oxygens (including phenoxy) is 1. The highest BCUT2D eigenvalue weighted by Crippen LogP contribution is 2.23.